The number of imidazole rings is 1. The van der Waals surface area contributed by atoms with Gasteiger partial charge in [-0.15, -0.1) is 0 Å². The van der Waals surface area contributed by atoms with E-state index in [9.17, 15) is 8.42 Å². The van der Waals surface area contributed by atoms with E-state index >= 15 is 0 Å². The maximum atomic E-state index is 10.9. The number of fused-ring (bicyclic) bond motifs is 1. The second kappa shape index (κ2) is 2.51. The summed E-state index contributed by atoms with van der Waals surface area (Å²) >= 11 is 0. The molecule has 0 amide bonds. The molecule has 0 aliphatic rings. The van der Waals surface area contributed by atoms with Crippen molar-refractivity contribution >= 4 is 15.5 Å². The second-order valence-electron chi connectivity index (χ2n) is 2.50. The van der Waals surface area contributed by atoms with Crippen LogP contribution in [-0.2, 0) is 10.0 Å². The van der Waals surface area contributed by atoms with Crippen LogP contribution in [0.15, 0.2) is 29.9 Å². The number of rotatable bonds is 1. The minimum Gasteiger partial charge on any atom is -0.302 e. The molecule has 2 aromatic heterocycles. The minimum atomic E-state index is -3.73. The fourth-order valence-electron chi connectivity index (χ4n) is 0.952. The summed E-state index contributed by atoms with van der Waals surface area (Å²) in [4.78, 5) is 7.49. The largest absolute Gasteiger partial charge is 0.302 e. The van der Waals surface area contributed by atoms with Crippen molar-refractivity contribution in [2.45, 2.75) is 5.03 Å². The molecule has 7 heteroatoms. The van der Waals surface area contributed by atoms with Gasteiger partial charge in [0.2, 0.25) is 0 Å². The molecular weight excluding hydrogens is 192 g/mol. The average Bonchev–Trinajstić information content (AvgIpc) is 2.47. The summed E-state index contributed by atoms with van der Waals surface area (Å²) in [6, 6.07) is 0. The lowest BCUT2D eigenvalue weighted by atomic mass is 10.6. The van der Waals surface area contributed by atoms with Crippen LogP contribution in [0, 0.1) is 0 Å². The van der Waals surface area contributed by atoms with Crippen molar-refractivity contribution in [3.63, 3.8) is 0 Å². The average molecular weight is 198 g/mol. The van der Waals surface area contributed by atoms with Gasteiger partial charge in [-0.2, -0.15) is 0 Å². The summed E-state index contributed by atoms with van der Waals surface area (Å²) in [5.74, 6) is 0. The van der Waals surface area contributed by atoms with Crippen molar-refractivity contribution in [2.24, 2.45) is 5.14 Å². The Balaban J connectivity index is 2.75. The van der Waals surface area contributed by atoms with Gasteiger partial charge in [0.05, 0.1) is 24.2 Å². The van der Waals surface area contributed by atoms with E-state index in [1.165, 1.54) is 23.1 Å². The van der Waals surface area contributed by atoms with Crippen molar-refractivity contribution in [3.05, 3.63) is 24.9 Å². The number of aromatic nitrogens is 3. The first kappa shape index (κ1) is 8.14. The predicted octanol–water partition coefficient (Wildman–Crippen LogP) is -0.623. The normalized spacial score (nSPS) is 12.1. The highest BCUT2D eigenvalue weighted by Crippen LogP contribution is 2.05. The molecule has 2 heterocycles. The molecule has 0 aliphatic heterocycles. The molecule has 0 saturated carbocycles. The van der Waals surface area contributed by atoms with Crippen LogP contribution in [0.25, 0.3) is 5.52 Å². The van der Waals surface area contributed by atoms with Crippen molar-refractivity contribution in [2.75, 3.05) is 0 Å². The Morgan fingerprint density at radius 1 is 1.38 bits per heavy atom. The summed E-state index contributed by atoms with van der Waals surface area (Å²) in [5.41, 5.74) is 0.715. The summed E-state index contributed by atoms with van der Waals surface area (Å²) in [6.45, 7) is 0. The van der Waals surface area contributed by atoms with Crippen molar-refractivity contribution in [1.29, 1.82) is 0 Å². The molecule has 0 fully saturated rings. The summed E-state index contributed by atoms with van der Waals surface area (Å²) in [5, 5.41) is 4.72. The zero-order valence-corrected chi connectivity index (χ0v) is 7.27. The van der Waals surface area contributed by atoms with Crippen LogP contribution >= 0.6 is 0 Å². The lowest BCUT2D eigenvalue weighted by molar-refractivity contribution is 0.593. The van der Waals surface area contributed by atoms with Gasteiger partial charge in [-0.1, -0.05) is 0 Å². The van der Waals surface area contributed by atoms with Crippen molar-refractivity contribution in [1.82, 2.24) is 14.4 Å². The maximum Gasteiger partial charge on any atom is 0.257 e. The molecule has 0 radical (unpaired) electrons. The highest BCUT2D eigenvalue weighted by molar-refractivity contribution is 7.89. The van der Waals surface area contributed by atoms with Gasteiger partial charge in [0.15, 0.2) is 5.03 Å². The zero-order valence-electron chi connectivity index (χ0n) is 6.45. The fraction of sp³-hybridized carbons (Fsp3) is 0. The lowest BCUT2D eigenvalue weighted by Crippen LogP contribution is -2.14. The molecule has 13 heavy (non-hydrogen) atoms. The smallest absolute Gasteiger partial charge is 0.257 e. The van der Waals surface area contributed by atoms with Gasteiger partial charge in [-0.3, -0.25) is 0 Å². The van der Waals surface area contributed by atoms with E-state index in [1.807, 2.05) is 0 Å². The molecule has 2 aromatic rings. The highest BCUT2D eigenvalue weighted by Gasteiger charge is 2.09. The van der Waals surface area contributed by atoms with Gasteiger partial charge in [-0.05, 0) is 0 Å². The molecule has 0 spiro atoms. The maximum absolute atomic E-state index is 10.9. The van der Waals surface area contributed by atoms with Crippen LogP contribution in [0.3, 0.4) is 0 Å². The quantitative estimate of drug-likeness (QED) is 0.661. The van der Waals surface area contributed by atoms with Crippen LogP contribution in [0.2, 0.25) is 0 Å². The van der Waals surface area contributed by atoms with E-state index in [2.05, 4.69) is 9.97 Å². The van der Waals surface area contributed by atoms with E-state index in [0.717, 1.165) is 0 Å². The molecule has 6 nitrogen and oxygen atoms in total. The third kappa shape index (κ3) is 1.38. The monoisotopic (exact) mass is 198 g/mol. The van der Waals surface area contributed by atoms with Gasteiger partial charge in [0.25, 0.3) is 10.0 Å². The Morgan fingerprint density at radius 2 is 2.15 bits per heavy atom. The Labute approximate surface area is 74.1 Å². The van der Waals surface area contributed by atoms with Crippen LogP contribution < -0.4 is 5.14 Å². The van der Waals surface area contributed by atoms with E-state index in [4.69, 9.17) is 5.14 Å². The SMILES string of the molecule is NS(=O)(=O)c1cn2cncc2cn1. The number of nitrogens with two attached hydrogens (primary N) is 1. The van der Waals surface area contributed by atoms with Gasteiger partial charge < -0.3 is 4.40 Å². The highest BCUT2D eigenvalue weighted by atomic mass is 32.2. The molecule has 0 aliphatic carbocycles. The van der Waals surface area contributed by atoms with E-state index in [-0.39, 0.29) is 5.03 Å². The molecule has 0 unspecified atom stereocenters. The molecule has 0 atom stereocenters. The third-order valence-corrected chi connectivity index (χ3v) is 2.35. The Hall–Kier alpha value is -1.47. The van der Waals surface area contributed by atoms with Gasteiger partial charge in [0, 0.05) is 6.20 Å². The van der Waals surface area contributed by atoms with Crippen LogP contribution in [-0.4, -0.2) is 22.8 Å². The second-order valence-corrected chi connectivity index (χ2v) is 4.00. The topological polar surface area (TPSA) is 90.4 Å². The third-order valence-electron chi connectivity index (χ3n) is 1.56. The number of hydrogen-bond acceptors (Lipinski definition) is 4. The number of sulfonamides is 1. The predicted molar refractivity (Wildman–Crippen MR) is 44.4 cm³/mol. The first-order valence-corrected chi connectivity index (χ1v) is 4.92. The molecule has 0 aromatic carbocycles. The molecule has 0 bridgehead atoms. The van der Waals surface area contributed by atoms with Crippen molar-refractivity contribution in [3.8, 4) is 0 Å². The first-order chi connectivity index (χ1) is 6.07. The van der Waals surface area contributed by atoms with Gasteiger partial charge in [0.1, 0.15) is 0 Å². The molecular formula is C6H6N4O2S. The Morgan fingerprint density at radius 3 is 2.85 bits per heavy atom. The van der Waals surface area contributed by atoms with E-state index in [0.29, 0.717) is 5.52 Å². The van der Waals surface area contributed by atoms with Gasteiger partial charge in [-0.25, -0.2) is 23.5 Å². The van der Waals surface area contributed by atoms with Crippen LogP contribution in [0.1, 0.15) is 0 Å². The summed E-state index contributed by atoms with van der Waals surface area (Å²) in [6.07, 6.45) is 5.76. The molecule has 0 saturated heterocycles. The van der Waals surface area contributed by atoms with E-state index in [1.54, 1.807) is 6.20 Å². The van der Waals surface area contributed by atoms with Gasteiger partial charge >= 0.3 is 0 Å². The molecule has 68 valence electrons. The zero-order chi connectivity index (χ0) is 9.47. The van der Waals surface area contributed by atoms with E-state index < -0.39 is 10.0 Å². The first-order valence-electron chi connectivity index (χ1n) is 3.38. The number of primary sulfonamides is 1. The van der Waals surface area contributed by atoms with Crippen LogP contribution in [0.4, 0.5) is 0 Å². The molecule has 2 N–H and O–H groups in total. The standard InChI is InChI=1S/C6H6N4O2S/c7-13(11,12)6-3-10-4-8-1-5(10)2-9-6/h1-4H,(H2,7,11,12). The minimum absolute atomic E-state index is 0.169. The summed E-state index contributed by atoms with van der Waals surface area (Å²) in [7, 11) is -3.73. The van der Waals surface area contributed by atoms with Crippen LogP contribution in [0.5, 0.6) is 0 Å². The number of nitrogens with zero attached hydrogens (tertiary/aromatic N) is 3. The Kier molecular flexibility index (Phi) is 1.57. The fourth-order valence-corrected chi connectivity index (χ4v) is 1.41. The Bertz CT molecular complexity index is 545. The lowest BCUT2D eigenvalue weighted by Gasteiger charge is -1.97. The number of hydrogen-bond donors (Lipinski definition) is 1. The summed E-state index contributed by atoms with van der Waals surface area (Å²) < 4.78 is 23.3. The van der Waals surface area contributed by atoms with Crippen molar-refractivity contribution < 1.29 is 8.42 Å². The molecule has 2 rings (SSSR count).